The maximum absolute atomic E-state index is 12.9. The number of amides is 1. The first-order chi connectivity index (χ1) is 13.7. The number of ether oxygens (including phenoxy) is 1. The zero-order valence-electron chi connectivity index (χ0n) is 16.3. The van der Waals surface area contributed by atoms with Crippen molar-refractivity contribution in [3.05, 3.63) is 40.9 Å². The molecule has 1 saturated heterocycles. The summed E-state index contributed by atoms with van der Waals surface area (Å²) in [5.41, 5.74) is 0.534. The lowest BCUT2D eigenvalue weighted by Crippen LogP contribution is -2.45. The fourth-order valence-corrected chi connectivity index (χ4v) is 4.41. The Morgan fingerprint density at radius 2 is 2.00 bits per heavy atom. The summed E-state index contributed by atoms with van der Waals surface area (Å²) in [6.07, 6.45) is 7.13. The number of hydrogen-bond donors (Lipinski definition) is 0. The van der Waals surface area contributed by atoms with E-state index in [2.05, 4.69) is 5.10 Å². The van der Waals surface area contributed by atoms with Crippen molar-refractivity contribution in [1.82, 2.24) is 14.7 Å². The number of rotatable bonds is 4. The number of aromatic nitrogens is 2. The average Bonchev–Trinajstić information content (AvgIpc) is 3.29. The third kappa shape index (κ3) is 3.90. The second-order valence-electron chi connectivity index (χ2n) is 7.76. The molecule has 0 N–H and O–H groups in total. The van der Waals surface area contributed by atoms with E-state index < -0.39 is 0 Å². The van der Waals surface area contributed by atoms with E-state index in [0.717, 1.165) is 38.5 Å². The largest absolute Gasteiger partial charge is 0.463 e. The lowest BCUT2D eigenvalue weighted by molar-refractivity contribution is -0.139. The molecule has 2 aliphatic rings. The van der Waals surface area contributed by atoms with Gasteiger partial charge < -0.3 is 14.1 Å². The summed E-state index contributed by atoms with van der Waals surface area (Å²) in [7, 11) is 1.73. The normalized spacial score (nSPS) is 23.7. The molecule has 1 aliphatic carbocycles. The van der Waals surface area contributed by atoms with Crippen LogP contribution in [0.1, 0.15) is 44.6 Å². The first-order valence-corrected chi connectivity index (χ1v) is 10.1. The Morgan fingerprint density at radius 1 is 1.18 bits per heavy atom. The minimum absolute atomic E-state index is 0.00421. The van der Waals surface area contributed by atoms with Crippen molar-refractivity contribution < 1.29 is 13.9 Å². The first-order valence-electron chi connectivity index (χ1n) is 10.1. The molecule has 7 nitrogen and oxygen atoms in total. The van der Waals surface area contributed by atoms with Crippen LogP contribution < -0.4 is 5.56 Å². The van der Waals surface area contributed by atoms with Gasteiger partial charge in [-0.05, 0) is 50.3 Å². The van der Waals surface area contributed by atoms with Gasteiger partial charge in [0.25, 0.3) is 5.56 Å². The molecule has 2 aromatic rings. The molecule has 1 aliphatic heterocycles. The highest BCUT2D eigenvalue weighted by molar-refractivity contribution is 5.79. The van der Waals surface area contributed by atoms with E-state index in [9.17, 15) is 9.59 Å². The molecule has 2 unspecified atom stereocenters. The molecule has 150 valence electrons. The Hall–Kier alpha value is -2.41. The molecule has 0 radical (unpaired) electrons. The number of methoxy groups -OCH3 is 1. The fourth-order valence-electron chi connectivity index (χ4n) is 4.41. The second kappa shape index (κ2) is 8.31. The van der Waals surface area contributed by atoms with Crippen molar-refractivity contribution in [1.29, 1.82) is 0 Å². The number of carbonyl (C=O) groups excluding carboxylic acids is 1. The highest BCUT2D eigenvalue weighted by Crippen LogP contribution is 2.30. The Kier molecular flexibility index (Phi) is 5.62. The van der Waals surface area contributed by atoms with Crippen LogP contribution in [0, 0.1) is 5.92 Å². The molecule has 0 bridgehead atoms. The van der Waals surface area contributed by atoms with Crippen molar-refractivity contribution in [3.63, 3.8) is 0 Å². The van der Waals surface area contributed by atoms with E-state index in [1.165, 1.54) is 6.07 Å². The van der Waals surface area contributed by atoms with Gasteiger partial charge in [-0.3, -0.25) is 9.59 Å². The van der Waals surface area contributed by atoms with E-state index >= 15 is 0 Å². The van der Waals surface area contributed by atoms with Crippen LogP contribution in [0.4, 0.5) is 0 Å². The Labute approximate surface area is 164 Å². The van der Waals surface area contributed by atoms with Crippen molar-refractivity contribution in [2.45, 2.75) is 50.7 Å². The molecule has 0 spiro atoms. The maximum Gasteiger partial charge on any atom is 0.267 e. The van der Waals surface area contributed by atoms with Crippen LogP contribution in [-0.2, 0) is 9.53 Å². The smallest absolute Gasteiger partial charge is 0.267 e. The van der Waals surface area contributed by atoms with Gasteiger partial charge in [0.2, 0.25) is 5.91 Å². The zero-order valence-corrected chi connectivity index (χ0v) is 16.3. The Morgan fingerprint density at radius 3 is 2.71 bits per heavy atom. The van der Waals surface area contributed by atoms with Crippen LogP contribution in [0.2, 0.25) is 0 Å². The van der Waals surface area contributed by atoms with Crippen LogP contribution in [0.25, 0.3) is 11.5 Å². The topological polar surface area (TPSA) is 77.6 Å². The number of nitrogens with zero attached hydrogens (tertiary/aromatic N) is 3. The highest BCUT2D eigenvalue weighted by atomic mass is 16.5. The van der Waals surface area contributed by atoms with Crippen LogP contribution in [0.15, 0.2) is 39.7 Å². The van der Waals surface area contributed by atoms with Gasteiger partial charge in [-0.25, -0.2) is 4.68 Å². The van der Waals surface area contributed by atoms with Crippen molar-refractivity contribution in [3.8, 4) is 11.5 Å². The summed E-state index contributed by atoms with van der Waals surface area (Å²) >= 11 is 0. The number of piperidine rings is 1. The van der Waals surface area contributed by atoms with E-state index in [0.29, 0.717) is 24.5 Å². The predicted octanol–water partition coefficient (Wildman–Crippen LogP) is 2.87. The first kappa shape index (κ1) is 18.9. The van der Waals surface area contributed by atoms with E-state index in [-0.39, 0.29) is 29.5 Å². The van der Waals surface area contributed by atoms with Crippen molar-refractivity contribution in [2.75, 3.05) is 20.2 Å². The number of carbonyl (C=O) groups is 1. The van der Waals surface area contributed by atoms with Gasteiger partial charge in [-0.1, -0.05) is 6.42 Å². The van der Waals surface area contributed by atoms with Gasteiger partial charge in [-0.15, -0.1) is 0 Å². The Bertz CT molecular complexity index is 853. The van der Waals surface area contributed by atoms with Crippen LogP contribution in [-0.4, -0.2) is 46.9 Å². The third-order valence-electron chi connectivity index (χ3n) is 6.03. The summed E-state index contributed by atoms with van der Waals surface area (Å²) < 4.78 is 12.4. The maximum atomic E-state index is 12.9. The Balaban J connectivity index is 1.41. The lowest BCUT2D eigenvalue weighted by Gasteiger charge is -2.36. The van der Waals surface area contributed by atoms with Gasteiger partial charge >= 0.3 is 0 Å². The molecule has 1 amide bonds. The summed E-state index contributed by atoms with van der Waals surface area (Å²) in [6.45, 7) is 1.33. The van der Waals surface area contributed by atoms with Crippen molar-refractivity contribution >= 4 is 5.91 Å². The third-order valence-corrected chi connectivity index (χ3v) is 6.03. The van der Waals surface area contributed by atoms with Gasteiger partial charge in [0.05, 0.1) is 18.4 Å². The summed E-state index contributed by atoms with van der Waals surface area (Å²) in [6, 6.07) is 6.86. The SMILES string of the molecule is COC1CCCC(C(=O)N2CCC(n3nc(-c4ccco4)ccc3=O)CC2)C1. The quantitative estimate of drug-likeness (QED) is 0.809. The highest BCUT2D eigenvalue weighted by Gasteiger charge is 2.33. The standard InChI is InChI=1S/C21H27N3O4/c1-27-17-5-2-4-15(14-17)21(26)23-11-9-16(10-12-23)24-20(25)8-7-18(22-24)19-6-3-13-28-19/h3,6-8,13,15-17H,2,4-5,9-12,14H2,1H3. The molecular formula is C21H27N3O4. The number of furan rings is 1. The molecule has 2 fully saturated rings. The molecule has 3 heterocycles. The number of hydrogen-bond acceptors (Lipinski definition) is 5. The molecule has 28 heavy (non-hydrogen) atoms. The van der Waals surface area contributed by atoms with E-state index in [4.69, 9.17) is 9.15 Å². The van der Waals surface area contributed by atoms with Crippen LogP contribution in [0.3, 0.4) is 0 Å². The summed E-state index contributed by atoms with van der Waals surface area (Å²) in [4.78, 5) is 27.2. The van der Waals surface area contributed by atoms with E-state index in [1.54, 1.807) is 30.2 Å². The molecule has 2 aromatic heterocycles. The minimum Gasteiger partial charge on any atom is -0.463 e. The van der Waals surface area contributed by atoms with Gasteiger partial charge in [-0.2, -0.15) is 5.10 Å². The molecule has 7 heteroatoms. The monoisotopic (exact) mass is 385 g/mol. The fraction of sp³-hybridized carbons (Fsp3) is 0.571. The molecular weight excluding hydrogens is 358 g/mol. The van der Waals surface area contributed by atoms with Gasteiger partial charge in [0.15, 0.2) is 5.76 Å². The predicted molar refractivity (Wildman–Crippen MR) is 104 cm³/mol. The molecule has 2 atom stereocenters. The van der Waals surface area contributed by atoms with Gasteiger partial charge in [0, 0.05) is 32.2 Å². The zero-order chi connectivity index (χ0) is 19.5. The summed E-state index contributed by atoms with van der Waals surface area (Å²) in [5.74, 6) is 0.953. The molecule has 0 aromatic carbocycles. The van der Waals surface area contributed by atoms with Crippen LogP contribution >= 0.6 is 0 Å². The molecule has 4 rings (SSSR count). The van der Waals surface area contributed by atoms with E-state index in [1.807, 2.05) is 11.0 Å². The second-order valence-corrected chi connectivity index (χ2v) is 7.76. The van der Waals surface area contributed by atoms with Crippen molar-refractivity contribution in [2.24, 2.45) is 5.92 Å². The van der Waals surface area contributed by atoms with Gasteiger partial charge in [0.1, 0.15) is 5.69 Å². The van der Waals surface area contributed by atoms with Crippen LogP contribution in [0.5, 0.6) is 0 Å². The lowest BCUT2D eigenvalue weighted by atomic mass is 9.85. The average molecular weight is 385 g/mol. The minimum atomic E-state index is -0.115. The molecule has 1 saturated carbocycles. The summed E-state index contributed by atoms with van der Waals surface area (Å²) in [5, 5.41) is 4.51. The number of likely N-dealkylation sites (tertiary alicyclic amines) is 1.